The Morgan fingerprint density at radius 2 is 1.63 bits per heavy atom. The molecular formula is C15H12N4. The molecule has 0 bridgehead atoms. The van der Waals surface area contributed by atoms with Gasteiger partial charge in [-0.1, -0.05) is 30.3 Å². The van der Waals surface area contributed by atoms with E-state index in [1.807, 2.05) is 59.1 Å². The lowest BCUT2D eigenvalue weighted by molar-refractivity contribution is 0.607. The van der Waals surface area contributed by atoms with Crippen LogP contribution in [0.4, 0.5) is 0 Å². The molecule has 4 heteroatoms. The van der Waals surface area contributed by atoms with Gasteiger partial charge in [-0.05, 0) is 25.1 Å². The van der Waals surface area contributed by atoms with Gasteiger partial charge < -0.3 is 0 Å². The first-order valence-corrected chi connectivity index (χ1v) is 6.22. The minimum absolute atomic E-state index is 0.972. The van der Waals surface area contributed by atoms with E-state index in [0.29, 0.717) is 0 Å². The molecule has 0 atom stereocenters. The van der Waals surface area contributed by atoms with Crippen LogP contribution in [-0.2, 0) is 0 Å². The quantitative estimate of drug-likeness (QED) is 0.519. The molecule has 0 fully saturated rings. The highest BCUT2D eigenvalue weighted by atomic mass is 15.6. The summed E-state index contributed by atoms with van der Waals surface area (Å²) in [5.74, 6) is 0. The van der Waals surface area contributed by atoms with Crippen molar-refractivity contribution in [1.29, 1.82) is 0 Å². The highest BCUT2D eigenvalue weighted by Crippen LogP contribution is 2.20. The number of rotatable bonds is 1. The Kier molecular flexibility index (Phi) is 2.00. The molecule has 2 aromatic heterocycles. The maximum Gasteiger partial charge on any atom is 0.118 e. The molecule has 0 amide bonds. The zero-order valence-corrected chi connectivity index (χ0v) is 10.5. The average molecular weight is 248 g/mol. The van der Waals surface area contributed by atoms with Crippen molar-refractivity contribution in [2.24, 2.45) is 0 Å². The molecule has 0 aliphatic heterocycles. The van der Waals surface area contributed by atoms with E-state index in [2.05, 4.69) is 22.2 Å². The maximum atomic E-state index is 4.62. The Morgan fingerprint density at radius 3 is 2.53 bits per heavy atom. The second-order valence-corrected chi connectivity index (χ2v) is 4.57. The number of benzene rings is 2. The first kappa shape index (κ1) is 10.3. The predicted molar refractivity (Wildman–Crippen MR) is 75.0 cm³/mol. The van der Waals surface area contributed by atoms with Gasteiger partial charge in [0.2, 0.25) is 0 Å². The zero-order valence-electron chi connectivity index (χ0n) is 10.5. The minimum Gasteiger partial charge on any atom is -0.235 e. The summed E-state index contributed by atoms with van der Waals surface area (Å²) >= 11 is 0. The van der Waals surface area contributed by atoms with Gasteiger partial charge >= 0.3 is 0 Å². The molecule has 0 saturated carbocycles. The first-order valence-electron chi connectivity index (χ1n) is 6.22. The van der Waals surface area contributed by atoms with Crippen LogP contribution in [0.15, 0.2) is 54.9 Å². The lowest BCUT2D eigenvalue weighted by Crippen LogP contribution is -2.09. The Morgan fingerprint density at radius 1 is 0.895 bits per heavy atom. The van der Waals surface area contributed by atoms with Crippen molar-refractivity contribution < 1.29 is 0 Å². The van der Waals surface area contributed by atoms with Crippen LogP contribution in [0, 0.1) is 6.92 Å². The first-order chi connectivity index (χ1) is 9.34. The molecule has 2 heterocycles. The van der Waals surface area contributed by atoms with Gasteiger partial charge in [-0.2, -0.15) is 9.89 Å². The Balaban J connectivity index is 2.10. The molecular weight excluding hydrogens is 236 g/mol. The number of hydrogen-bond acceptors (Lipinski definition) is 2. The number of aryl methyl sites for hydroxylation is 1. The number of para-hydroxylation sites is 3. The summed E-state index contributed by atoms with van der Waals surface area (Å²) in [5, 5.41) is 5.79. The fraction of sp³-hybridized carbons (Fsp3) is 0.0667. The van der Waals surface area contributed by atoms with Gasteiger partial charge in [0, 0.05) is 5.39 Å². The van der Waals surface area contributed by atoms with Crippen LogP contribution in [0.5, 0.6) is 0 Å². The molecule has 19 heavy (non-hydrogen) atoms. The molecule has 4 rings (SSSR count). The molecule has 0 aliphatic rings. The van der Waals surface area contributed by atoms with Crippen LogP contribution < -0.4 is 0 Å². The number of nitrogens with zero attached hydrogens (tertiary/aromatic N) is 4. The van der Waals surface area contributed by atoms with E-state index in [9.17, 15) is 0 Å². The van der Waals surface area contributed by atoms with Crippen molar-refractivity contribution in [2.75, 3.05) is 0 Å². The molecule has 0 N–H and O–H groups in total. The van der Waals surface area contributed by atoms with Crippen LogP contribution in [0.2, 0.25) is 0 Å². The monoisotopic (exact) mass is 248 g/mol. The number of fused-ring (bicyclic) bond motifs is 2. The molecule has 2 aromatic carbocycles. The minimum atomic E-state index is 0.972. The molecule has 4 aromatic rings. The van der Waals surface area contributed by atoms with Crippen LogP contribution in [0.3, 0.4) is 0 Å². The Labute approximate surface area is 109 Å². The maximum absolute atomic E-state index is 4.62. The van der Waals surface area contributed by atoms with E-state index in [1.54, 1.807) is 0 Å². The fourth-order valence-electron chi connectivity index (χ4n) is 2.47. The second kappa shape index (κ2) is 3.68. The normalized spacial score (nSPS) is 11.4. The third-order valence-corrected chi connectivity index (χ3v) is 3.39. The van der Waals surface area contributed by atoms with Crippen molar-refractivity contribution in [2.45, 2.75) is 6.92 Å². The summed E-state index contributed by atoms with van der Waals surface area (Å²) in [5.41, 5.74) is 4.13. The highest BCUT2D eigenvalue weighted by Gasteiger charge is 2.10. The number of aromatic nitrogens is 4. The summed E-state index contributed by atoms with van der Waals surface area (Å²) < 4.78 is 1.98. The van der Waals surface area contributed by atoms with E-state index >= 15 is 0 Å². The van der Waals surface area contributed by atoms with Crippen LogP contribution in [0.25, 0.3) is 21.9 Å². The second-order valence-electron chi connectivity index (χ2n) is 4.57. The van der Waals surface area contributed by atoms with Crippen molar-refractivity contribution in [1.82, 2.24) is 19.5 Å². The van der Waals surface area contributed by atoms with Gasteiger partial charge in [-0.25, -0.2) is 9.66 Å². The highest BCUT2D eigenvalue weighted by molar-refractivity contribution is 5.82. The Hall–Kier alpha value is -2.62. The van der Waals surface area contributed by atoms with Gasteiger partial charge in [0.05, 0.1) is 22.2 Å². The smallest absolute Gasteiger partial charge is 0.118 e. The summed E-state index contributed by atoms with van der Waals surface area (Å²) in [6.45, 7) is 2.03. The molecule has 92 valence electrons. The van der Waals surface area contributed by atoms with Crippen LogP contribution >= 0.6 is 0 Å². The molecule has 0 aliphatic carbocycles. The summed E-state index contributed by atoms with van der Waals surface area (Å²) in [6.07, 6.45) is 1.81. The number of hydrogen-bond donors (Lipinski definition) is 0. The topological polar surface area (TPSA) is 35.6 Å². The van der Waals surface area contributed by atoms with E-state index < -0.39 is 0 Å². The predicted octanol–water partition coefficient (Wildman–Crippen LogP) is 3.01. The molecule has 0 spiro atoms. The van der Waals surface area contributed by atoms with Gasteiger partial charge in [0.15, 0.2) is 0 Å². The SMILES string of the molecule is Cc1nn(-n2cnc3ccccc32)c2ccccc12. The third kappa shape index (κ3) is 1.40. The molecule has 0 radical (unpaired) electrons. The lowest BCUT2D eigenvalue weighted by Gasteiger charge is -2.05. The van der Waals surface area contributed by atoms with E-state index in [1.165, 1.54) is 5.39 Å². The van der Waals surface area contributed by atoms with Crippen LogP contribution in [0.1, 0.15) is 5.69 Å². The summed E-state index contributed by atoms with van der Waals surface area (Å²) in [7, 11) is 0. The van der Waals surface area contributed by atoms with Gasteiger partial charge in [0.1, 0.15) is 6.33 Å². The van der Waals surface area contributed by atoms with Crippen molar-refractivity contribution in [3.63, 3.8) is 0 Å². The van der Waals surface area contributed by atoms with Gasteiger partial charge in [-0.15, -0.1) is 0 Å². The third-order valence-electron chi connectivity index (χ3n) is 3.39. The van der Waals surface area contributed by atoms with Gasteiger partial charge in [-0.3, -0.25) is 0 Å². The fourth-order valence-corrected chi connectivity index (χ4v) is 2.47. The summed E-state index contributed by atoms with van der Waals surface area (Å²) in [4.78, 5) is 6.32. The summed E-state index contributed by atoms with van der Waals surface area (Å²) in [6, 6.07) is 16.3. The van der Waals surface area contributed by atoms with Crippen molar-refractivity contribution in [3.05, 3.63) is 60.6 Å². The number of imidazole rings is 1. The lowest BCUT2D eigenvalue weighted by atomic mass is 10.2. The average Bonchev–Trinajstić information content (AvgIpc) is 3.01. The van der Waals surface area contributed by atoms with E-state index in [0.717, 1.165) is 22.2 Å². The largest absolute Gasteiger partial charge is 0.235 e. The van der Waals surface area contributed by atoms with Gasteiger partial charge in [0.25, 0.3) is 0 Å². The molecule has 0 saturated heterocycles. The molecule has 0 unspecified atom stereocenters. The van der Waals surface area contributed by atoms with E-state index in [-0.39, 0.29) is 0 Å². The standard InChI is InChI=1S/C15H12N4/c1-11-12-6-2-4-8-14(12)19(17-11)18-10-16-13-7-3-5-9-15(13)18/h2-10H,1H3. The van der Waals surface area contributed by atoms with Crippen molar-refractivity contribution >= 4 is 21.9 Å². The van der Waals surface area contributed by atoms with Crippen LogP contribution in [-0.4, -0.2) is 19.5 Å². The van der Waals surface area contributed by atoms with E-state index in [4.69, 9.17) is 0 Å². The molecule has 4 nitrogen and oxygen atoms in total. The van der Waals surface area contributed by atoms with Crippen molar-refractivity contribution in [3.8, 4) is 0 Å². The zero-order chi connectivity index (χ0) is 12.8. The Bertz CT molecular complexity index is 885.